The summed E-state index contributed by atoms with van der Waals surface area (Å²) in [6.45, 7) is 5.74. The van der Waals surface area contributed by atoms with Crippen molar-refractivity contribution in [3.05, 3.63) is 53.5 Å². The van der Waals surface area contributed by atoms with Crippen LogP contribution in [0.1, 0.15) is 55.3 Å². The Bertz CT molecular complexity index is 1090. The van der Waals surface area contributed by atoms with Gasteiger partial charge >= 0.3 is 6.18 Å². The first kappa shape index (κ1) is 25.4. The van der Waals surface area contributed by atoms with Gasteiger partial charge < -0.3 is 20.9 Å². The molecule has 0 aliphatic heterocycles. The number of aromatic nitrogens is 3. The first-order chi connectivity index (χ1) is 16.9. The summed E-state index contributed by atoms with van der Waals surface area (Å²) in [4.78, 5) is 8.70. The summed E-state index contributed by atoms with van der Waals surface area (Å²) in [5.41, 5.74) is 8.61. The molecular formula is C26H35F3N6. The van der Waals surface area contributed by atoms with Crippen LogP contribution in [0.3, 0.4) is 0 Å². The molecule has 2 heterocycles. The number of halogens is 3. The van der Waals surface area contributed by atoms with E-state index in [2.05, 4.69) is 38.3 Å². The van der Waals surface area contributed by atoms with Gasteiger partial charge in [-0.2, -0.15) is 13.2 Å². The molecule has 2 unspecified atom stereocenters. The van der Waals surface area contributed by atoms with Crippen molar-refractivity contribution in [1.29, 1.82) is 0 Å². The van der Waals surface area contributed by atoms with E-state index in [9.17, 15) is 13.2 Å². The highest BCUT2D eigenvalue weighted by molar-refractivity contribution is 5.89. The molecular weight excluding hydrogens is 453 g/mol. The molecule has 0 amide bonds. The van der Waals surface area contributed by atoms with Gasteiger partial charge in [0.15, 0.2) is 0 Å². The zero-order valence-corrected chi connectivity index (χ0v) is 20.2. The third kappa shape index (κ3) is 6.32. The van der Waals surface area contributed by atoms with E-state index in [1.54, 1.807) is 18.5 Å². The maximum absolute atomic E-state index is 12.6. The van der Waals surface area contributed by atoms with Gasteiger partial charge in [0.05, 0.1) is 10.9 Å². The summed E-state index contributed by atoms with van der Waals surface area (Å²) in [6.07, 6.45) is 5.63. The van der Waals surface area contributed by atoms with Crippen LogP contribution in [-0.4, -0.2) is 40.7 Å². The Morgan fingerprint density at radius 3 is 2.57 bits per heavy atom. The number of benzene rings is 1. The normalized spacial score (nSPS) is 18.5. The van der Waals surface area contributed by atoms with Gasteiger partial charge in [-0.15, -0.1) is 0 Å². The number of nitrogens with two attached hydrogens (primary N) is 1. The summed E-state index contributed by atoms with van der Waals surface area (Å²) in [5.74, 6) is 1.21. The average molecular weight is 489 g/mol. The second kappa shape index (κ2) is 11.4. The maximum atomic E-state index is 12.6. The molecule has 1 fully saturated rings. The lowest BCUT2D eigenvalue weighted by Gasteiger charge is -2.15. The minimum Gasteiger partial charge on any atom is -0.383 e. The summed E-state index contributed by atoms with van der Waals surface area (Å²) in [7, 11) is 0. The number of anilines is 1. The van der Waals surface area contributed by atoms with Crippen molar-refractivity contribution in [2.45, 2.75) is 57.7 Å². The van der Waals surface area contributed by atoms with Crippen LogP contribution >= 0.6 is 0 Å². The van der Waals surface area contributed by atoms with Crippen LogP contribution in [0.15, 0.2) is 36.8 Å². The number of nitrogen functional groups attached to an aromatic ring is 1. The molecule has 1 aromatic carbocycles. The molecule has 190 valence electrons. The molecule has 4 rings (SSSR count). The van der Waals surface area contributed by atoms with Gasteiger partial charge in [0.1, 0.15) is 17.8 Å². The zero-order valence-electron chi connectivity index (χ0n) is 20.2. The monoisotopic (exact) mass is 488 g/mol. The lowest BCUT2D eigenvalue weighted by atomic mass is 10.1. The molecule has 1 aliphatic rings. The Labute approximate surface area is 204 Å². The summed E-state index contributed by atoms with van der Waals surface area (Å²) >= 11 is 0. The van der Waals surface area contributed by atoms with Crippen molar-refractivity contribution in [1.82, 2.24) is 25.2 Å². The van der Waals surface area contributed by atoms with Gasteiger partial charge in [0.25, 0.3) is 0 Å². The number of nitrogens with zero attached hydrogens (tertiary/aromatic N) is 3. The van der Waals surface area contributed by atoms with E-state index in [1.165, 1.54) is 12.0 Å². The highest BCUT2D eigenvalue weighted by atomic mass is 19.4. The molecule has 3 aromatic rings. The number of fused-ring (bicyclic) bond motifs is 1. The Hall–Kier alpha value is -2.65. The van der Waals surface area contributed by atoms with Gasteiger partial charge in [-0.25, -0.2) is 9.97 Å². The largest absolute Gasteiger partial charge is 0.416 e. The Morgan fingerprint density at radius 2 is 1.83 bits per heavy atom. The zero-order chi connectivity index (χ0) is 24.8. The highest BCUT2D eigenvalue weighted by Crippen LogP contribution is 2.38. The lowest BCUT2D eigenvalue weighted by Crippen LogP contribution is -2.26. The topological polar surface area (TPSA) is 80.8 Å². The molecule has 4 N–H and O–H groups in total. The van der Waals surface area contributed by atoms with E-state index in [0.717, 1.165) is 87.0 Å². The second-order valence-electron chi connectivity index (χ2n) is 9.46. The van der Waals surface area contributed by atoms with Gasteiger partial charge in [0, 0.05) is 12.2 Å². The molecule has 0 saturated heterocycles. The fourth-order valence-electron chi connectivity index (χ4n) is 5.08. The van der Waals surface area contributed by atoms with Crippen LogP contribution < -0.4 is 16.4 Å². The van der Waals surface area contributed by atoms with E-state index in [4.69, 9.17) is 5.73 Å². The van der Waals surface area contributed by atoms with E-state index in [0.29, 0.717) is 17.8 Å². The highest BCUT2D eigenvalue weighted by Gasteiger charge is 2.30. The Balaban J connectivity index is 1.12. The SMILES string of the molecule is CCc1cn(C2CCC(CNCCCNCCc3ccc(C(F)(F)F)cc3)C2)c2ncnc(N)c12. The third-order valence-corrected chi connectivity index (χ3v) is 7.02. The molecule has 2 atom stereocenters. The van der Waals surface area contributed by atoms with Crippen LogP contribution in [0, 0.1) is 5.92 Å². The Morgan fingerprint density at radius 1 is 1.06 bits per heavy atom. The molecule has 35 heavy (non-hydrogen) atoms. The lowest BCUT2D eigenvalue weighted by molar-refractivity contribution is -0.137. The predicted octanol–water partition coefficient (Wildman–Crippen LogP) is 4.75. The van der Waals surface area contributed by atoms with Crippen molar-refractivity contribution < 1.29 is 13.2 Å². The minimum atomic E-state index is -4.28. The van der Waals surface area contributed by atoms with E-state index in [1.807, 2.05) is 0 Å². The molecule has 1 saturated carbocycles. The molecule has 6 nitrogen and oxygen atoms in total. The number of aryl methyl sites for hydroxylation is 1. The van der Waals surface area contributed by atoms with Crippen LogP contribution in [0.25, 0.3) is 11.0 Å². The molecule has 2 aromatic heterocycles. The standard InChI is InChI=1S/C26H35F3N6/c1-2-20-16-35(25-23(20)24(30)33-17-34-25)22-9-6-19(14-22)15-32-12-3-11-31-13-10-18-4-7-21(8-5-18)26(27,28)29/h4-5,7-8,16-17,19,22,31-32H,2-3,6,9-15H2,1H3,(H2,30,33,34). The first-order valence-corrected chi connectivity index (χ1v) is 12.5. The van der Waals surface area contributed by atoms with E-state index in [-0.39, 0.29) is 0 Å². The fraction of sp³-hybridized carbons (Fsp3) is 0.538. The van der Waals surface area contributed by atoms with Crippen molar-refractivity contribution in [2.75, 3.05) is 31.9 Å². The number of nitrogens with one attached hydrogen (secondary N) is 2. The summed E-state index contributed by atoms with van der Waals surface area (Å²) in [6, 6.07) is 5.87. The third-order valence-electron chi connectivity index (χ3n) is 7.02. The Kier molecular flexibility index (Phi) is 8.28. The number of hydrogen-bond donors (Lipinski definition) is 3. The van der Waals surface area contributed by atoms with Gasteiger partial charge in [-0.1, -0.05) is 19.1 Å². The molecule has 0 radical (unpaired) electrons. The van der Waals surface area contributed by atoms with E-state index >= 15 is 0 Å². The average Bonchev–Trinajstić information content (AvgIpc) is 3.45. The minimum absolute atomic E-state index is 0.450. The van der Waals surface area contributed by atoms with Crippen molar-refractivity contribution in [2.24, 2.45) is 5.92 Å². The number of alkyl halides is 3. The quantitative estimate of drug-likeness (QED) is 0.340. The van der Waals surface area contributed by atoms with Crippen LogP contribution in [-0.2, 0) is 19.0 Å². The van der Waals surface area contributed by atoms with Crippen LogP contribution in [0.4, 0.5) is 19.0 Å². The van der Waals surface area contributed by atoms with Crippen molar-refractivity contribution >= 4 is 16.9 Å². The van der Waals surface area contributed by atoms with E-state index < -0.39 is 11.7 Å². The summed E-state index contributed by atoms with van der Waals surface area (Å²) < 4.78 is 40.2. The number of hydrogen-bond acceptors (Lipinski definition) is 5. The van der Waals surface area contributed by atoms with Gasteiger partial charge in [-0.3, -0.25) is 0 Å². The molecule has 0 spiro atoms. The summed E-state index contributed by atoms with van der Waals surface area (Å²) in [5, 5.41) is 7.97. The molecule has 1 aliphatic carbocycles. The fourth-order valence-corrected chi connectivity index (χ4v) is 5.08. The van der Waals surface area contributed by atoms with Gasteiger partial charge in [0.2, 0.25) is 0 Å². The second-order valence-corrected chi connectivity index (χ2v) is 9.46. The van der Waals surface area contributed by atoms with Gasteiger partial charge in [-0.05, 0) is 93.9 Å². The smallest absolute Gasteiger partial charge is 0.383 e. The van der Waals surface area contributed by atoms with Crippen LogP contribution in [0.2, 0.25) is 0 Å². The van der Waals surface area contributed by atoms with Crippen molar-refractivity contribution in [3.63, 3.8) is 0 Å². The predicted molar refractivity (Wildman–Crippen MR) is 133 cm³/mol. The molecule has 9 heteroatoms. The van der Waals surface area contributed by atoms with Crippen LogP contribution in [0.5, 0.6) is 0 Å². The van der Waals surface area contributed by atoms with Crippen molar-refractivity contribution in [3.8, 4) is 0 Å². The first-order valence-electron chi connectivity index (χ1n) is 12.5. The maximum Gasteiger partial charge on any atom is 0.416 e. The number of rotatable bonds is 11. The molecule has 0 bridgehead atoms.